The number of allylic oxidation sites excluding steroid dienone is 6. The molecule has 5 aromatic carbocycles. The summed E-state index contributed by atoms with van der Waals surface area (Å²) in [5.74, 6) is 0. The SMILES string of the molecule is C=C(/C=C/C1=C(S(=O)(=O)c2ccccc2)C(=C/C=c2\c3cccc4cccc(c43)n2C(C)CCC)/CC1)c1cccc2cccc(C)c12. The fourth-order valence-electron chi connectivity index (χ4n) is 7.54. The van der Waals surface area contributed by atoms with Gasteiger partial charge >= 0.3 is 0 Å². The summed E-state index contributed by atoms with van der Waals surface area (Å²) in [6.07, 6.45) is 11.6. The van der Waals surface area contributed by atoms with Crippen LogP contribution >= 0.6 is 0 Å². The molecule has 7 rings (SSSR count). The first-order valence-electron chi connectivity index (χ1n) is 16.9. The first kappa shape index (κ1) is 31.7. The van der Waals surface area contributed by atoms with Crippen LogP contribution in [0.2, 0.25) is 0 Å². The Morgan fingerprint density at radius 1 is 0.833 bits per heavy atom. The zero-order chi connectivity index (χ0) is 33.4. The maximum Gasteiger partial charge on any atom is 0.207 e. The topological polar surface area (TPSA) is 39.1 Å². The molecule has 3 nitrogen and oxygen atoms in total. The largest absolute Gasteiger partial charge is 0.338 e. The second-order valence-corrected chi connectivity index (χ2v) is 14.8. The van der Waals surface area contributed by atoms with Crippen molar-refractivity contribution in [2.75, 3.05) is 0 Å². The molecule has 240 valence electrons. The van der Waals surface area contributed by atoms with E-state index < -0.39 is 9.84 Å². The highest BCUT2D eigenvalue weighted by atomic mass is 32.2. The van der Waals surface area contributed by atoms with Crippen LogP contribution < -0.4 is 5.35 Å². The number of aromatic nitrogens is 1. The normalized spacial score (nSPS) is 16.0. The highest BCUT2D eigenvalue weighted by Crippen LogP contribution is 2.40. The van der Waals surface area contributed by atoms with Gasteiger partial charge in [0.15, 0.2) is 0 Å². The molecule has 4 heteroatoms. The fourth-order valence-corrected chi connectivity index (χ4v) is 9.32. The second kappa shape index (κ2) is 12.9. The summed E-state index contributed by atoms with van der Waals surface area (Å²) in [4.78, 5) is 0.719. The molecule has 1 heterocycles. The molecule has 1 aliphatic rings. The molecule has 48 heavy (non-hydrogen) atoms. The lowest BCUT2D eigenvalue weighted by Gasteiger charge is -2.15. The van der Waals surface area contributed by atoms with E-state index in [4.69, 9.17) is 0 Å². The summed E-state index contributed by atoms with van der Waals surface area (Å²) in [7, 11) is -3.78. The Hall–Kier alpha value is -4.93. The molecule has 1 aromatic heterocycles. The minimum Gasteiger partial charge on any atom is -0.338 e. The standard InChI is InChI=1S/C44H41NO2S/c1-5-13-32(4)45-40(39-22-11-17-34-18-12-23-41(45)43(34)39)29-28-36-27-26-35(44(36)48(46,47)37-19-7-6-8-20-37)25-24-30(2)38-21-10-16-33-15-9-14-31(3)42(33)38/h6-12,14-25,28-29,32H,2,5,13,26-27H2,1,3-4H3/b25-24+,36-28+,40-29+. The zero-order valence-electron chi connectivity index (χ0n) is 27.9. The number of sulfone groups is 1. The summed E-state index contributed by atoms with van der Waals surface area (Å²) in [5.41, 5.74) is 5.98. The summed E-state index contributed by atoms with van der Waals surface area (Å²) >= 11 is 0. The van der Waals surface area contributed by atoms with Crippen molar-refractivity contribution in [2.24, 2.45) is 0 Å². The predicted molar refractivity (Wildman–Crippen MR) is 204 cm³/mol. The van der Waals surface area contributed by atoms with Crippen LogP contribution in [0.4, 0.5) is 0 Å². The number of aryl methyl sites for hydroxylation is 1. The fraction of sp³-hybridized carbons (Fsp3) is 0.182. The van der Waals surface area contributed by atoms with Gasteiger partial charge in [-0.1, -0.05) is 123 Å². The molecule has 0 fully saturated rings. The van der Waals surface area contributed by atoms with Gasteiger partial charge < -0.3 is 4.57 Å². The van der Waals surface area contributed by atoms with Gasteiger partial charge in [-0.3, -0.25) is 0 Å². The zero-order valence-corrected chi connectivity index (χ0v) is 28.7. The average Bonchev–Trinajstić information content (AvgIpc) is 3.67. The third-order valence-electron chi connectivity index (χ3n) is 9.78. The van der Waals surface area contributed by atoms with E-state index in [1.807, 2.05) is 18.2 Å². The van der Waals surface area contributed by atoms with E-state index >= 15 is 0 Å². The van der Waals surface area contributed by atoms with Crippen LogP contribution in [0.3, 0.4) is 0 Å². The highest BCUT2D eigenvalue weighted by Gasteiger charge is 2.30. The lowest BCUT2D eigenvalue weighted by Crippen LogP contribution is -2.20. The first-order chi connectivity index (χ1) is 23.3. The Balaban J connectivity index is 1.39. The Morgan fingerprint density at radius 3 is 2.27 bits per heavy atom. The maximum atomic E-state index is 14.4. The Bertz CT molecular complexity index is 2450. The number of benzene rings is 5. The molecule has 0 radical (unpaired) electrons. The molecular weight excluding hydrogens is 607 g/mol. The van der Waals surface area contributed by atoms with Crippen LogP contribution in [0.15, 0.2) is 149 Å². The van der Waals surface area contributed by atoms with Crippen LogP contribution in [0.1, 0.15) is 56.7 Å². The van der Waals surface area contributed by atoms with Gasteiger partial charge in [0.2, 0.25) is 9.84 Å². The molecular formula is C44H41NO2S. The molecule has 0 saturated carbocycles. The Labute approximate surface area is 283 Å². The van der Waals surface area contributed by atoms with E-state index in [0.29, 0.717) is 28.7 Å². The number of hydrogen-bond donors (Lipinski definition) is 0. The lowest BCUT2D eigenvalue weighted by atomic mass is 9.95. The molecule has 1 atom stereocenters. The summed E-state index contributed by atoms with van der Waals surface area (Å²) < 4.78 is 31.2. The molecule has 0 N–H and O–H groups in total. The first-order valence-corrected chi connectivity index (χ1v) is 18.4. The quantitative estimate of drug-likeness (QED) is 0.147. The van der Waals surface area contributed by atoms with E-state index in [2.05, 4.69) is 117 Å². The van der Waals surface area contributed by atoms with Gasteiger partial charge in [-0.15, -0.1) is 0 Å². The monoisotopic (exact) mass is 647 g/mol. The van der Waals surface area contributed by atoms with Crippen LogP contribution in [0.5, 0.6) is 0 Å². The summed E-state index contributed by atoms with van der Waals surface area (Å²) in [6, 6.07) is 34.7. The minimum atomic E-state index is -3.78. The number of nitrogens with zero attached hydrogens (tertiary/aromatic N) is 1. The molecule has 1 aliphatic carbocycles. The van der Waals surface area contributed by atoms with Crippen molar-refractivity contribution in [1.29, 1.82) is 0 Å². The van der Waals surface area contributed by atoms with Gasteiger partial charge in [0.1, 0.15) is 0 Å². The van der Waals surface area contributed by atoms with Crippen LogP contribution in [0, 0.1) is 6.92 Å². The van der Waals surface area contributed by atoms with E-state index in [0.717, 1.165) is 40.5 Å². The van der Waals surface area contributed by atoms with Crippen LogP contribution in [-0.4, -0.2) is 13.0 Å². The van der Waals surface area contributed by atoms with Crippen molar-refractivity contribution in [3.63, 3.8) is 0 Å². The molecule has 6 aromatic rings. The molecule has 0 amide bonds. The predicted octanol–water partition coefficient (Wildman–Crippen LogP) is 10.8. The van der Waals surface area contributed by atoms with Gasteiger partial charge in [-0.25, -0.2) is 8.42 Å². The number of hydrogen-bond acceptors (Lipinski definition) is 2. The molecule has 1 unspecified atom stereocenters. The van der Waals surface area contributed by atoms with E-state index in [1.165, 1.54) is 38.0 Å². The van der Waals surface area contributed by atoms with Gasteiger partial charge in [0.05, 0.1) is 9.80 Å². The van der Waals surface area contributed by atoms with E-state index in [1.54, 1.807) is 24.3 Å². The van der Waals surface area contributed by atoms with Crippen LogP contribution in [0.25, 0.3) is 44.1 Å². The molecule has 0 spiro atoms. The van der Waals surface area contributed by atoms with Crippen molar-refractivity contribution in [3.05, 3.63) is 160 Å². The maximum absolute atomic E-state index is 14.4. The molecule has 0 bridgehead atoms. The van der Waals surface area contributed by atoms with E-state index in [9.17, 15) is 8.42 Å². The number of fused-ring (bicyclic) bond motifs is 1. The summed E-state index contributed by atoms with van der Waals surface area (Å²) in [6.45, 7) is 11.0. The Morgan fingerprint density at radius 2 is 1.52 bits per heavy atom. The van der Waals surface area contributed by atoms with Gasteiger partial charge in [0.25, 0.3) is 0 Å². The van der Waals surface area contributed by atoms with Crippen molar-refractivity contribution >= 4 is 53.9 Å². The van der Waals surface area contributed by atoms with Crippen molar-refractivity contribution in [2.45, 2.75) is 57.4 Å². The van der Waals surface area contributed by atoms with Gasteiger partial charge in [0, 0.05) is 27.7 Å². The minimum absolute atomic E-state index is 0.298. The van der Waals surface area contributed by atoms with Gasteiger partial charge in [-0.05, 0) is 101 Å². The molecule has 0 aliphatic heterocycles. The Kier molecular flexibility index (Phi) is 8.53. The van der Waals surface area contributed by atoms with E-state index in [-0.39, 0.29) is 0 Å². The second-order valence-electron chi connectivity index (χ2n) is 12.9. The van der Waals surface area contributed by atoms with Gasteiger partial charge in [-0.2, -0.15) is 0 Å². The third-order valence-corrected chi connectivity index (χ3v) is 11.7. The number of rotatable bonds is 9. The lowest BCUT2D eigenvalue weighted by molar-refractivity contribution is 0.507. The van der Waals surface area contributed by atoms with Crippen LogP contribution in [-0.2, 0) is 9.84 Å². The molecule has 0 saturated heterocycles. The smallest absolute Gasteiger partial charge is 0.207 e. The van der Waals surface area contributed by atoms with Crippen molar-refractivity contribution < 1.29 is 8.42 Å². The third kappa shape index (κ3) is 5.54. The van der Waals surface area contributed by atoms with Crippen molar-refractivity contribution in [1.82, 2.24) is 4.57 Å². The average molecular weight is 648 g/mol. The highest BCUT2D eigenvalue weighted by molar-refractivity contribution is 7.95. The summed E-state index contributed by atoms with van der Waals surface area (Å²) in [5, 5.41) is 7.14. The van der Waals surface area contributed by atoms with Crippen molar-refractivity contribution in [3.8, 4) is 0 Å².